The van der Waals surface area contributed by atoms with E-state index in [1.807, 2.05) is 133 Å². The molecule has 0 aliphatic carbocycles. The second kappa shape index (κ2) is 16.2. The molecule has 0 atom stereocenters. The average Bonchev–Trinajstić information content (AvgIpc) is 3.35. The number of nitrogens with zero attached hydrogens (tertiary/aromatic N) is 3. The second-order valence-electron chi connectivity index (χ2n) is 15.3. The summed E-state index contributed by atoms with van der Waals surface area (Å²) < 4.78 is 18.0. The summed E-state index contributed by atoms with van der Waals surface area (Å²) in [5.74, 6) is -2.84. The quantitative estimate of drug-likeness (QED) is 0.137. The minimum atomic E-state index is -4.11. The van der Waals surface area contributed by atoms with E-state index >= 15 is 0 Å². The second-order valence-corrected chi connectivity index (χ2v) is 16.6. The Labute approximate surface area is 372 Å². The molecule has 64 heavy (non-hydrogen) atoms. The zero-order valence-corrected chi connectivity index (χ0v) is 35.0. The van der Waals surface area contributed by atoms with Crippen LogP contribution in [0.25, 0.3) is 89.1 Å². The van der Waals surface area contributed by atoms with Crippen LogP contribution < -0.4 is 0 Å². The van der Waals surface area contributed by atoms with Crippen LogP contribution >= 0.6 is 0 Å². The summed E-state index contributed by atoms with van der Waals surface area (Å²) in [6, 6.07) is 58.2. The van der Waals surface area contributed by atoms with E-state index < -0.39 is 33.1 Å². The van der Waals surface area contributed by atoms with Crippen LogP contribution in [0, 0.1) is 0 Å². The van der Waals surface area contributed by atoms with Gasteiger partial charge in [0.05, 0.1) is 5.69 Å². The number of benzene rings is 6. The molecule has 0 unspecified atom stereocenters. The van der Waals surface area contributed by atoms with Gasteiger partial charge in [0.25, 0.3) is 0 Å². The maximum atomic E-state index is 14.8. The molecule has 0 saturated heterocycles. The molecule has 0 radical (unpaired) electrons. The molecular formula is C54H32AlN3O6. The molecule has 0 saturated carbocycles. The van der Waals surface area contributed by atoms with E-state index in [1.54, 1.807) is 24.4 Å². The summed E-state index contributed by atoms with van der Waals surface area (Å²) in [7, 11) is 0. The number of fused-ring (bicyclic) bond motifs is 11. The lowest BCUT2D eigenvalue weighted by molar-refractivity contribution is 0.0403. The number of carbonyl (C=O) groups is 3. The van der Waals surface area contributed by atoms with Crippen LogP contribution in [0.3, 0.4) is 0 Å². The van der Waals surface area contributed by atoms with E-state index in [0.717, 1.165) is 61.2 Å². The van der Waals surface area contributed by atoms with Gasteiger partial charge in [-0.05, 0) is 97.6 Å². The van der Waals surface area contributed by atoms with Crippen molar-refractivity contribution in [2.24, 2.45) is 0 Å². The predicted octanol–water partition coefficient (Wildman–Crippen LogP) is 11.7. The van der Waals surface area contributed by atoms with E-state index in [0.29, 0.717) is 27.9 Å². The van der Waals surface area contributed by atoms with Crippen LogP contribution in [0.1, 0.15) is 31.5 Å². The van der Waals surface area contributed by atoms with Crippen molar-refractivity contribution in [3.8, 4) is 89.1 Å². The maximum absolute atomic E-state index is 14.8. The summed E-state index contributed by atoms with van der Waals surface area (Å²) in [6.07, 6.45) is 3.11. The van der Waals surface area contributed by atoms with E-state index in [9.17, 15) is 14.4 Å². The average molecular weight is 846 g/mol. The third-order valence-electron chi connectivity index (χ3n) is 11.5. The minimum absolute atomic E-state index is 0.0591. The highest BCUT2D eigenvalue weighted by Gasteiger charge is 2.51. The van der Waals surface area contributed by atoms with Gasteiger partial charge in [-0.25, -0.2) is 29.3 Å². The molecule has 0 N–H and O–H groups in total. The zero-order chi connectivity index (χ0) is 43.1. The number of hydrogen-bond acceptors (Lipinski definition) is 9. The van der Waals surface area contributed by atoms with Gasteiger partial charge in [0.1, 0.15) is 5.69 Å². The first-order valence-corrected chi connectivity index (χ1v) is 22.0. The molecule has 6 heterocycles. The predicted molar refractivity (Wildman–Crippen MR) is 245 cm³/mol. The normalized spacial score (nSPS) is 12.8. The van der Waals surface area contributed by atoms with Gasteiger partial charge in [-0.3, -0.25) is 0 Å². The number of carbonyl (C=O) groups excluding carboxylic acids is 3. The van der Waals surface area contributed by atoms with Crippen LogP contribution in [-0.2, 0) is 11.4 Å². The molecule has 9 aromatic rings. The largest absolute Gasteiger partial charge is 1.20 e. The van der Waals surface area contributed by atoms with Crippen molar-refractivity contribution in [3.63, 3.8) is 0 Å². The smallest absolute Gasteiger partial charge is 0.546 e. The number of aromatic nitrogens is 3. The Kier molecular flexibility index (Phi) is 9.78. The molecule has 3 aliphatic rings. The lowest BCUT2D eigenvalue weighted by Gasteiger charge is -2.19. The summed E-state index contributed by atoms with van der Waals surface area (Å²) in [6.45, 7) is 0. The van der Waals surface area contributed by atoms with Crippen molar-refractivity contribution in [1.29, 1.82) is 0 Å². The number of hydrogen-bond donors (Lipinski definition) is 0. The first-order valence-electron chi connectivity index (χ1n) is 20.6. The topological polar surface area (TPSA) is 118 Å². The van der Waals surface area contributed by atoms with Gasteiger partial charge in [-0.1, -0.05) is 146 Å². The molecule has 10 bridgehead atoms. The molecule has 0 fully saturated rings. The van der Waals surface area contributed by atoms with Gasteiger partial charge in [-0.15, -0.1) is 0 Å². The van der Waals surface area contributed by atoms with E-state index in [4.69, 9.17) is 21.3 Å². The van der Waals surface area contributed by atoms with Crippen LogP contribution in [-0.4, -0.2) is 48.0 Å². The van der Waals surface area contributed by atoms with Gasteiger partial charge in [0, 0.05) is 34.6 Å². The zero-order valence-electron chi connectivity index (χ0n) is 33.8. The van der Waals surface area contributed by atoms with Gasteiger partial charge in [-0.2, -0.15) is 0 Å². The lowest BCUT2D eigenvalue weighted by atomic mass is 9.88. The Morgan fingerprint density at radius 3 is 1.34 bits per heavy atom. The summed E-state index contributed by atoms with van der Waals surface area (Å²) in [5.41, 5.74) is 12.2. The van der Waals surface area contributed by atoms with Gasteiger partial charge >= 0.3 is 33.1 Å². The van der Waals surface area contributed by atoms with E-state index in [2.05, 4.69) is 29.2 Å². The van der Waals surface area contributed by atoms with E-state index in [-0.39, 0.29) is 17.1 Å². The Balaban J connectivity index is 1.19. The Morgan fingerprint density at radius 1 is 0.328 bits per heavy atom. The van der Waals surface area contributed by atoms with Crippen LogP contribution in [0.4, 0.5) is 0 Å². The fraction of sp³-hybridized carbons (Fsp3) is 0. The van der Waals surface area contributed by atoms with Crippen molar-refractivity contribution in [3.05, 3.63) is 211 Å². The molecule has 0 spiro atoms. The maximum Gasteiger partial charge on any atom is 1.20 e. The number of pyridine rings is 3. The fourth-order valence-electron chi connectivity index (χ4n) is 8.56. The summed E-state index contributed by atoms with van der Waals surface area (Å²) in [5, 5.41) is 0. The molecule has 12 rings (SSSR count). The number of rotatable bonds is 0. The van der Waals surface area contributed by atoms with Crippen LogP contribution in [0.15, 0.2) is 194 Å². The van der Waals surface area contributed by atoms with Crippen LogP contribution in [0.5, 0.6) is 0 Å². The SMILES string of the molecule is O=C1[O][Al]2[O]C(=O)c3ncccc3-c3ccccc3-c3cccc(c3)-c3ccccc3-c3cnc(c(c3)-c3ccccc3-c3cccc(c3)-c3ccccc3-c3cccc1n3)C(=O)[O]2. The third-order valence-corrected chi connectivity index (χ3v) is 12.7. The molecule has 6 aromatic carbocycles. The Morgan fingerprint density at radius 2 is 0.750 bits per heavy atom. The molecule has 9 nitrogen and oxygen atoms in total. The van der Waals surface area contributed by atoms with E-state index in [1.165, 1.54) is 12.3 Å². The summed E-state index contributed by atoms with van der Waals surface area (Å²) in [4.78, 5) is 57.4. The molecule has 0 amide bonds. The van der Waals surface area contributed by atoms with Gasteiger partial charge in [0.15, 0.2) is 11.4 Å². The molecule has 10 heteroatoms. The highest BCUT2D eigenvalue weighted by atomic mass is 27.3. The molecule has 302 valence electrons. The van der Waals surface area contributed by atoms with Gasteiger partial charge in [0.2, 0.25) is 0 Å². The van der Waals surface area contributed by atoms with Gasteiger partial charge < -0.3 is 11.4 Å². The first kappa shape index (κ1) is 38.6. The molecular weight excluding hydrogens is 814 g/mol. The lowest BCUT2D eigenvalue weighted by Crippen LogP contribution is -2.35. The van der Waals surface area contributed by atoms with Crippen molar-refractivity contribution in [1.82, 2.24) is 15.0 Å². The highest BCUT2D eigenvalue weighted by Crippen LogP contribution is 2.42. The highest BCUT2D eigenvalue weighted by molar-refractivity contribution is 6.46. The fourth-order valence-corrected chi connectivity index (χ4v) is 9.58. The molecule has 3 aromatic heterocycles. The van der Waals surface area contributed by atoms with Crippen molar-refractivity contribution >= 4 is 33.1 Å². The minimum Gasteiger partial charge on any atom is -0.546 e. The van der Waals surface area contributed by atoms with Crippen molar-refractivity contribution in [2.45, 2.75) is 0 Å². The third kappa shape index (κ3) is 7.03. The van der Waals surface area contributed by atoms with Crippen molar-refractivity contribution in [2.75, 3.05) is 0 Å². The monoisotopic (exact) mass is 845 g/mol. The Hall–Kier alpha value is -8.29. The van der Waals surface area contributed by atoms with Crippen molar-refractivity contribution < 1.29 is 25.7 Å². The van der Waals surface area contributed by atoms with Crippen LogP contribution in [0.2, 0.25) is 0 Å². The first-order chi connectivity index (χ1) is 31.5. The standard InChI is InChI=1S/C54H35N3O6.Al/c58-52(59)49-27-11-26-48(57-49)45-24-8-5-20-41(45)36-16-10-15-35(30-36)40-19-4-7-23-44(40)47-31-37(32-56-51(47)54(62)63)42-21-2-1-17-38(42)33-13-9-14-34(29-33)39-18-3-6-22-43(39)46-25-12-28-55-50(46)53(60)61;/h1-32H,(H,58,59)(H,60,61)(H,62,63);/q;+3/p-3. The Bertz CT molecular complexity index is 3370. The molecule has 3 aliphatic heterocycles. The summed E-state index contributed by atoms with van der Waals surface area (Å²) >= 11 is -4.11.